The molecule has 0 aromatic heterocycles. The van der Waals surface area contributed by atoms with Gasteiger partial charge >= 0.3 is 0 Å². The molecule has 0 rings (SSSR count). The Kier molecular flexibility index (Phi) is 8.04. The summed E-state index contributed by atoms with van der Waals surface area (Å²) in [6.45, 7) is 0. The zero-order valence-corrected chi connectivity index (χ0v) is 7.48. The molecule has 1 atom stereocenters. The van der Waals surface area contributed by atoms with Gasteiger partial charge in [0.1, 0.15) is 0 Å². The van der Waals surface area contributed by atoms with Crippen LogP contribution < -0.4 is 0 Å². The number of halogens is 1. The predicted molar refractivity (Wildman–Crippen MR) is 43.4 cm³/mol. The molecule has 0 aliphatic heterocycles. The zero-order chi connectivity index (χ0) is 4.12. The third-order valence-electron chi connectivity index (χ3n) is 0.115. The summed E-state index contributed by atoms with van der Waals surface area (Å²) in [5, 5.41) is 0. The van der Waals surface area contributed by atoms with Crippen LogP contribution >= 0.6 is 48.7 Å². The average molecular weight is 238 g/mol. The van der Waals surface area contributed by atoms with E-state index in [0.29, 0.717) is 0 Å². The maximum atomic E-state index is 2.36. The highest BCUT2D eigenvalue weighted by atomic mass is 127. The number of rotatable bonds is 2. The molecule has 0 fully saturated rings. The van der Waals surface area contributed by atoms with E-state index in [-0.39, 0.29) is 0 Å². The molecule has 0 aliphatic rings. The minimum atomic E-state index is 1.01. The van der Waals surface area contributed by atoms with Gasteiger partial charge in [0.05, 0.1) is 0 Å². The molecule has 0 radical (unpaired) electrons. The summed E-state index contributed by atoms with van der Waals surface area (Å²) in [7, 11) is 3.72. The third-order valence-corrected chi connectivity index (χ3v) is 7.95. The van der Waals surface area contributed by atoms with E-state index in [1.165, 1.54) is 0 Å². The molecular formula is CH4IPS2. The van der Waals surface area contributed by atoms with Gasteiger partial charge in [0.25, 0.3) is 0 Å². The van der Waals surface area contributed by atoms with Crippen LogP contribution in [0.4, 0.5) is 0 Å². The Morgan fingerprint density at radius 3 is 2.40 bits per heavy atom. The quantitative estimate of drug-likeness (QED) is 0.412. The van der Waals surface area contributed by atoms with Gasteiger partial charge in [-0.15, -0.1) is 0 Å². The maximum Gasteiger partial charge on any atom is 0.0161 e. The Hall–Kier alpha value is 1.86. The second-order valence-electron chi connectivity index (χ2n) is 0.327. The van der Waals surface area contributed by atoms with E-state index in [0.717, 1.165) is 5.43 Å². The molecule has 0 aromatic carbocycles. The third kappa shape index (κ3) is 5.86. The van der Waals surface area contributed by atoms with Crippen molar-refractivity contribution in [2.24, 2.45) is 0 Å². The van der Waals surface area contributed by atoms with Crippen molar-refractivity contribution in [1.29, 1.82) is 0 Å². The Balaban J connectivity index is 2.19. The van der Waals surface area contributed by atoms with Crippen molar-refractivity contribution in [1.82, 2.24) is 0 Å². The van der Waals surface area contributed by atoms with Gasteiger partial charge in [0.15, 0.2) is 0 Å². The minimum absolute atomic E-state index is 1.01. The highest BCUT2D eigenvalue weighted by molar-refractivity contribution is 14.2. The summed E-state index contributed by atoms with van der Waals surface area (Å²) in [6, 6.07) is 0. The Morgan fingerprint density at radius 1 is 1.80 bits per heavy atom. The molecule has 32 valence electrons. The summed E-state index contributed by atoms with van der Waals surface area (Å²) in [4.78, 5) is 0. The molecule has 1 unspecified atom stereocenters. The maximum absolute atomic E-state index is 2.36. The lowest BCUT2D eigenvalue weighted by molar-refractivity contribution is 2.55. The van der Waals surface area contributed by atoms with E-state index in [9.17, 15) is 0 Å². The van der Waals surface area contributed by atoms with Crippen molar-refractivity contribution in [2.45, 2.75) is 0 Å². The van der Waals surface area contributed by atoms with E-state index >= 15 is 0 Å². The number of hydrogen-bond donors (Lipinski definition) is 0. The first-order chi connectivity index (χ1) is 2.41. The molecule has 0 heterocycles. The van der Waals surface area contributed by atoms with Crippen LogP contribution in [-0.2, 0) is 0 Å². The zero-order valence-electron chi connectivity index (χ0n) is 2.69. The Morgan fingerprint density at radius 2 is 2.40 bits per heavy atom. The van der Waals surface area contributed by atoms with Gasteiger partial charge in [-0.1, -0.05) is 21.2 Å². The lowest BCUT2D eigenvalue weighted by Gasteiger charge is -1.78. The predicted octanol–water partition coefficient (Wildman–Crippen LogP) is 2.94. The average Bonchev–Trinajstić information content (AvgIpc) is 1.41. The molecule has 0 saturated carbocycles. The van der Waals surface area contributed by atoms with Crippen LogP contribution in [-0.4, -0.2) is 6.26 Å². The van der Waals surface area contributed by atoms with Gasteiger partial charge in [-0.25, -0.2) is 0 Å². The van der Waals surface area contributed by atoms with Crippen LogP contribution in [0.2, 0.25) is 0 Å². The van der Waals surface area contributed by atoms with Gasteiger partial charge in [-0.2, -0.15) is 0 Å². The van der Waals surface area contributed by atoms with Crippen LogP contribution in [0.1, 0.15) is 0 Å². The molecule has 0 bridgehead atoms. The monoisotopic (exact) mass is 238 g/mol. The molecule has 0 N–H and O–H groups in total. The molecule has 0 spiro atoms. The fraction of sp³-hybridized carbons (Fsp3) is 1.00. The first kappa shape index (κ1) is 6.86. The molecule has 0 saturated heterocycles. The molecule has 0 amide bonds. The number of hydrogen-bond acceptors (Lipinski definition) is 2. The van der Waals surface area contributed by atoms with Crippen molar-refractivity contribution in [3.63, 3.8) is 0 Å². The van der Waals surface area contributed by atoms with Crippen LogP contribution in [0.25, 0.3) is 0 Å². The van der Waals surface area contributed by atoms with E-state index in [2.05, 4.69) is 28.3 Å². The van der Waals surface area contributed by atoms with Gasteiger partial charge in [0.2, 0.25) is 0 Å². The molecule has 5 heavy (non-hydrogen) atoms. The molecule has 0 aliphatic carbocycles. The highest BCUT2D eigenvalue weighted by Crippen LogP contribution is 2.44. The smallest absolute Gasteiger partial charge is 0.0161 e. The van der Waals surface area contributed by atoms with Crippen molar-refractivity contribution in [3.8, 4) is 0 Å². The van der Waals surface area contributed by atoms with Crippen LogP contribution in [0, 0.1) is 0 Å². The summed E-state index contributed by atoms with van der Waals surface area (Å²) in [5.41, 5.74) is 1.01. The summed E-state index contributed by atoms with van der Waals surface area (Å²) in [6.07, 6.45) is 2.09. The summed E-state index contributed by atoms with van der Waals surface area (Å²) in [5.74, 6) is 0. The fourth-order valence-corrected chi connectivity index (χ4v) is 5.70. The van der Waals surface area contributed by atoms with Gasteiger partial charge < -0.3 is 0 Å². The highest BCUT2D eigenvalue weighted by Gasteiger charge is 1.69. The van der Waals surface area contributed by atoms with Crippen LogP contribution in [0.15, 0.2) is 0 Å². The van der Waals surface area contributed by atoms with Gasteiger partial charge in [0, 0.05) is 5.43 Å². The molecule has 0 nitrogen and oxygen atoms in total. The second-order valence-corrected chi connectivity index (χ2v) is 8.41. The van der Waals surface area contributed by atoms with E-state index in [1.807, 2.05) is 21.2 Å². The van der Waals surface area contributed by atoms with Crippen molar-refractivity contribution in [3.05, 3.63) is 0 Å². The first-order valence-corrected chi connectivity index (χ1v) is 8.37. The van der Waals surface area contributed by atoms with Crippen molar-refractivity contribution < 1.29 is 0 Å². The van der Waals surface area contributed by atoms with Gasteiger partial charge in [-0.05, 0) is 28.3 Å². The largest absolute Gasteiger partial charge is 0.0925 e. The van der Waals surface area contributed by atoms with Crippen LogP contribution in [0.3, 0.4) is 0 Å². The second kappa shape index (κ2) is 5.86. The van der Waals surface area contributed by atoms with E-state index < -0.39 is 0 Å². The SMILES string of the molecule is CSSPI. The van der Waals surface area contributed by atoms with Crippen molar-refractivity contribution in [2.75, 3.05) is 6.26 Å². The van der Waals surface area contributed by atoms with E-state index in [1.54, 1.807) is 0 Å². The minimum Gasteiger partial charge on any atom is -0.0925 e. The first-order valence-electron chi connectivity index (χ1n) is 0.968. The normalized spacial score (nSPS) is 10.8. The summed E-state index contributed by atoms with van der Waals surface area (Å²) < 4.78 is 0. The van der Waals surface area contributed by atoms with Gasteiger partial charge in [-0.3, -0.25) is 0 Å². The van der Waals surface area contributed by atoms with E-state index in [4.69, 9.17) is 0 Å². The van der Waals surface area contributed by atoms with Crippen molar-refractivity contribution >= 4 is 48.7 Å². The van der Waals surface area contributed by atoms with Crippen LogP contribution in [0.5, 0.6) is 0 Å². The molecule has 4 heteroatoms. The summed E-state index contributed by atoms with van der Waals surface area (Å²) >= 11 is 2.36. The lowest BCUT2D eigenvalue weighted by atomic mass is 12.0. The Labute approximate surface area is 54.7 Å². The molecule has 0 aromatic rings. The fourth-order valence-electron chi connectivity index (χ4n) is 0.0315. The lowest BCUT2D eigenvalue weighted by Crippen LogP contribution is -1.19. The Bertz CT molecular complexity index is 17.1. The molecular weight excluding hydrogens is 234 g/mol. The topological polar surface area (TPSA) is 0 Å². The standard InChI is InChI=1S/CH4IPS2/c1-4-5-3-2/h3H,1H3.